The van der Waals surface area contributed by atoms with Crippen LogP contribution in [0.4, 0.5) is 5.69 Å². The van der Waals surface area contributed by atoms with Gasteiger partial charge >= 0.3 is 0 Å². The molecule has 0 radical (unpaired) electrons. The summed E-state index contributed by atoms with van der Waals surface area (Å²) >= 11 is 5.56. The number of nitrogens with one attached hydrogen (secondary N) is 1. The highest BCUT2D eigenvalue weighted by Gasteiger charge is 2.25. The van der Waals surface area contributed by atoms with Crippen molar-refractivity contribution in [2.24, 2.45) is 0 Å². The van der Waals surface area contributed by atoms with Crippen LogP contribution in [0.1, 0.15) is 0 Å². The molecule has 0 aromatic heterocycles. The third-order valence-electron chi connectivity index (χ3n) is 1.85. The Bertz CT molecular complexity index is 340. The van der Waals surface area contributed by atoms with E-state index in [1.807, 2.05) is 12.1 Å². The zero-order chi connectivity index (χ0) is 9.26. The molecule has 1 unspecified atom stereocenters. The molecule has 0 aliphatic carbocycles. The van der Waals surface area contributed by atoms with Crippen molar-refractivity contribution >= 4 is 23.2 Å². The highest BCUT2D eigenvalue weighted by molar-refractivity contribution is 6.20. The van der Waals surface area contributed by atoms with Gasteiger partial charge in [0.2, 0.25) is 0 Å². The molecule has 68 valence electrons. The lowest BCUT2D eigenvalue weighted by Gasteiger charge is -2.23. The van der Waals surface area contributed by atoms with Gasteiger partial charge < -0.3 is 10.1 Å². The summed E-state index contributed by atoms with van der Waals surface area (Å²) in [5.41, 5.74) is 0.703. The molecule has 0 bridgehead atoms. The van der Waals surface area contributed by atoms with Gasteiger partial charge in [-0.1, -0.05) is 12.1 Å². The molecule has 1 aliphatic rings. The number of ether oxygens (including phenoxy) is 1. The smallest absolute Gasteiger partial charge is 0.266 e. The van der Waals surface area contributed by atoms with Gasteiger partial charge in [0.1, 0.15) is 5.75 Å². The monoisotopic (exact) mass is 197 g/mol. The van der Waals surface area contributed by atoms with Gasteiger partial charge in [-0.2, -0.15) is 0 Å². The Morgan fingerprint density at radius 3 is 3.00 bits per heavy atom. The van der Waals surface area contributed by atoms with E-state index in [4.69, 9.17) is 16.3 Å². The molecule has 0 saturated carbocycles. The average Bonchev–Trinajstić information content (AvgIpc) is 2.17. The van der Waals surface area contributed by atoms with Crippen LogP contribution in [0.15, 0.2) is 24.3 Å². The van der Waals surface area contributed by atoms with E-state index in [1.54, 1.807) is 12.1 Å². The Morgan fingerprint density at radius 2 is 2.23 bits per heavy atom. The van der Waals surface area contributed by atoms with E-state index < -0.39 is 6.10 Å². The number of fused-ring (bicyclic) bond motifs is 1. The van der Waals surface area contributed by atoms with Crippen LogP contribution in [0.2, 0.25) is 0 Å². The molecule has 2 rings (SSSR count). The van der Waals surface area contributed by atoms with Crippen molar-refractivity contribution in [3.05, 3.63) is 24.3 Å². The molecular weight excluding hydrogens is 190 g/mol. The Balaban J connectivity index is 2.33. The summed E-state index contributed by atoms with van der Waals surface area (Å²) in [6.45, 7) is 0. The first-order chi connectivity index (χ1) is 6.31. The second kappa shape index (κ2) is 3.26. The molecule has 1 aromatic rings. The Morgan fingerprint density at radius 1 is 1.46 bits per heavy atom. The van der Waals surface area contributed by atoms with Crippen molar-refractivity contribution in [3.63, 3.8) is 0 Å². The predicted molar refractivity (Wildman–Crippen MR) is 50.2 cm³/mol. The third-order valence-corrected chi connectivity index (χ3v) is 2.13. The number of carbonyl (C=O) groups excluding carboxylic acids is 1. The van der Waals surface area contributed by atoms with E-state index in [2.05, 4.69) is 5.32 Å². The molecule has 0 saturated heterocycles. The molecular formula is C9H8ClNO2. The maximum absolute atomic E-state index is 11.3. The molecule has 0 fully saturated rings. The third kappa shape index (κ3) is 1.47. The van der Waals surface area contributed by atoms with E-state index >= 15 is 0 Å². The molecule has 1 amide bonds. The fraction of sp³-hybridized carbons (Fsp3) is 0.222. The lowest BCUT2D eigenvalue weighted by molar-refractivity contribution is -0.122. The number of halogens is 1. The number of hydrogen-bond acceptors (Lipinski definition) is 2. The van der Waals surface area contributed by atoms with Crippen LogP contribution in [-0.4, -0.2) is 17.9 Å². The molecule has 4 heteroatoms. The van der Waals surface area contributed by atoms with E-state index in [0.29, 0.717) is 11.4 Å². The molecule has 1 aromatic carbocycles. The maximum atomic E-state index is 11.3. The van der Waals surface area contributed by atoms with Gasteiger partial charge in [-0.3, -0.25) is 4.79 Å². The lowest BCUT2D eigenvalue weighted by Crippen LogP contribution is -2.38. The van der Waals surface area contributed by atoms with Gasteiger partial charge in [0.15, 0.2) is 6.10 Å². The predicted octanol–water partition coefficient (Wildman–Crippen LogP) is 1.62. The molecule has 1 atom stereocenters. The Kier molecular flexibility index (Phi) is 2.10. The first-order valence-electron chi connectivity index (χ1n) is 3.94. The van der Waals surface area contributed by atoms with Crippen LogP contribution in [-0.2, 0) is 4.79 Å². The number of alkyl halides is 1. The largest absolute Gasteiger partial charge is 0.477 e. The first-order valence-corrected chi connectivity index (χ1v) is 4.47. The normalized spacial score (nSPS) is 20.1. The summed E-state index contributed by atoms with van der Waals surface area (Å²) in [6, 6.07) is 7.27. The van der Waals surface area contributed by atoms with Crippen molar-refractivity contribution in [3.8, 4) is 5.75 Å². The second-order valence-corrected chi connectivity index (χ2v) is 3.05. The van der Waals surface area contributed by atoms with E-state index in [-0.39, 0.29) is 11.8 Å². The summed E-state index contributed by atoms with van der Waals surface area (Å²) in [5.74, 6) is 0.654. The van der Waals surface area contributed by atoms with E-state index in [0.717, 1.165) is 0 Å². The molecule has 13 heavy (non-hydrogen) atoms. The molecule has 0 spiro atoms. The van der Waals surface area contributed by atoms with Crippen LogP contribution >= 0.6 is 11.6 Å². The van der Waals surface area contributed by atoms with Gasteiger partial charge in [-0.15, -0.1) is 11.6 Å². The fourth-order valence-corrected chi connectivity index (χ4v) is 1.40. The number of para-hydroxylation sites is 2. The highest BCUT2D eigenvalue weighted by Crippen LogP contribution is 2.28. The Labute approximate surface area is 80.6 Å². The van der Waals surface area contributed by atoms with Crippen molar-refractivity contribution in [2.45, 2.75) is 6.10 Å². The molecule has 3 nitrogen and oxygen atoms in total. The van der Waals surface area contributed by atoms with Gasteiger partial charge in [0.05, 0.1) is 11.6 Å². The summed E-state index contributed by atoms with van der Waals surface area (Å²) in [7, 11) is 0. The minimum atomic E-state index is -0.573. The summed E-state index contributed by atoms with van der Waals surface area (Å²) in [6.07, 6.45) is -0.573. The fourth-order valence-electron chi connectivity index (χ4n) is 1.19. The first kappa shape index (κ1) is 8.38. The van der Waals surface area contributed by atoms with E-state index in [9.17, 15) is 4.79 Å². The minimum Gasteiger partial charge on any atom is -0.477 e. The molecule has 1 heterocycles. The number of rotatable bonds is 1. The van der Waals surface area contributed by atoms with E-state index in [1.165, 1.54) is 0 Å². The van der Waals surface area contributed by atoms with Crippen LogP contribution in [0, 0.1) is 0 Å². The second-order valence-electron chi connectivity index (χ2n) is 2.75. The van der Waals surface area contributed by atoms with Gasteiger partial charge in [0.25, 0.3) is 5.91 Å². The van der Waals surface area contributed by atoms with Crippen molar-refractivity contribution < 1.29 is 9.53 Å². The Hall–Kier alpha value is -1.22. The summed E-state index contributed by atoms with van der Waals surface area (Å²) < 4.78 is 5.35. The van der Waals surface area contributed by atoms with Crippen molar-refractivity contribution in [1.82, 2.24) is 0 Å². The molecule has 1 aliphatic heterocycles. The van der Waals surface area contributed by atoms with Gasteiger partial charge in [-0.05, 0) is 12.1 Å². The van der Waals surface area contributed by atoms with Crippen LogP contribution in [0.3, 0.4) is 0 Å². The number of hydrogen-bond donors (Lipinski definition) is 1. The average molecular weight is 198 g/mol. The minimum absolute atomic E-state index is 0.167. The number of carbonyl (C=O) groups is 1. The van der Waals surface area contributed by atoms with Crippen LogP contribution in [0.5, 0.6) is 5.75 Å². The number of amides is 1. The maximum Gasteiger partial charge on any atom is 0.266 e. The zero-order valence-corrected chi connectivity index (χ0v) is 7.54. The quantitative estimate of drug-likeness (QED) is 0.695. The zero-order valence-electron chi connectivity index (χ0n) is 6.79. The number of benzene rings is 1. The lowest BCUT2D eigenvalue weighted by atomic mass is 10.2. The summed E-state index contributed by atoms with van der Waals surface area (Å²) in [5, 5.41) is 2.71. The SMILES string of the molecule is O=C1Nc2ccccc2OC1CCl. The standard InChI is InChI=1S/C9H8ClNO2/c10-5-8-9(12)11-6-3-1-2-4-7(6)13-8/h1-4,8H,5H2,(H,11,12). The van der Waals surface area contributed by atoms with Gasteiger partial charge in [0, 0.05) is 0 Å². The number of anilines is 1. The van der Waals surface area contributed by atoms with Crippen LogP contribution in [0.25, 0.3) is 0 Å². The molecule has 1 N–H and O–H groups in total. The van der Waals surface area contributed by atoms with Crippen LogP contribution < -0.4 is 10.1 Å². The van der Waals surface area contributed by atoms with Crippen molar-refractivity contribution in [2.75, 3.05) is 11.2 Å². The topological polar surface area (TPSA) is 38.3 Å². The van der Waals surface area contributed by atoms with Gasteiger partial charge in [-0.25, -0.2) is 0 Å². The highest BCUT2D eigenvalue weighted by atomic mass is 35.5. The summed E-state index contributed by atoms with van der Waals surface area (Å²) in [4.78, 5) is 11.3. The van der Waals surface area contributed by atoms with Crippen molar-refractivity contribution in [1.29, 1.82) is 0 Å².